The van der Waals surface area contributed by atoms with Gasteiger partial charge in [0.05, 0.1) is 6.20 Å². The maximum Gasteiger partial charge on any atom is 0.196 e. The number of aliphatic hydroxyl groups is 2. The molecule has 6 rings (SSSR count). The Morgan fingerprint density at radius 1 is 1.17 bits per heavy atom. The molecule has 2 aliphatic heterocycles. The van der Waals surface area contributed by atoms with E-state index in [1.165, 1.54) is 16.9 Å². The topological polar surface area (TPSA) is 140 Å². The van der Waals surface area contributed by atoms with E-state index < -0.39 is 6.29 Å². The van der Waals surface area contributed by atoms with Crippen molar-refractivity contribution in [1.82, 2.24) is 25.1 Å². The van der Waals surface area contributed by atoms with Gasteiger partial charge in [0.25, 0.3) is 0 Å². The summed E-state index contributed by atoms with van der Waals surface area (Å²) < 4.78 is 0. The Bertz CT molecular complexity index is 1370. The van der Waals surface area contributed by atoms with E-state index in [9.17, 15) is 10.2 Å². The number of nitrogens with zero attached hydrogens (tertiary/aromatic N) is 6. The number of hydrogen-bond donors (Lipinski definition) is 4. The van der Waals surface area contributed by atoms with E-state index >= 15 is 0 Å². The predicted octanol–water partition coefficient (Wildman–Crippen LogP) is 2.86. The number of aromatic amines is 1. The number of nitrogens with one attached hydrogen (secondary N) is 1. The highest BCUT2D eigenvalue weighted by Crippen LogP contribution is 2.41. The molecule has 11 heteroatoms. The lowest BCUT2D eigenvalue weighted by molar-refractivity contribution is -0.0453. The first-order valence-electron chi connectivity index (χ1n) is 11.9. The zero-order valence-corrected chi connectivity index (χ0v) is 20.3. The van der Waals surface area contributed by atoms with Crippen molar-refractivity contribution in [3.05, 3.63) is 41.0 Å². The molecular formula is C24H28N8O2S. The van der Waals surface area contributed by atoms with Gasteiger partial charge in [0.15, 0.2) is 23.3 Å². The normalized spacial score (nSPS) is 17.9. The number of benzene rings is 1. The second kappa shape index (κ2) is 8.52. The minimum atomic E-state index is -1.57. The molecule has 3 aromatic heterocycles. The molecule has 0 saturated carbocycles. The number of H-pyrrole nitrogens is 1. The van der Waals surface area contributed by atoms with Crippen molar-refractivity contribution in [1.29, 1.82) is 0 Å². The van der Waals surface area contributed by atoms with Crippen LogP contribution in [0.25, 0.3) is 21.7 Å². The van der Waals surface area contributed by atoms with Crippen molar-refractivity contribution in [2.75, 3.05) is 29.4 Å². The van der Waals surface area contributed by atoms with E-state index in [1.54, 1.807) is 5.38 Å². The number of aliphatic hydroxyl groups excluding tert-OH is 1. The average Bonchev–Trinajstić information content (AvgIpc) is 3.51. The van der Waals surface area contributed by atoms with Crippen molar-refractivity contribution in [2.45, 2.75) is 44.4 Å². The standard InChI is InChI=1S/C24H28N8O2S/c1-24(25)7-10-31(11-8-24)18-12-26-19-20(28-18)29-30-21(19)32-9-3-5-14-15(4-2-6-17(14)32)22-27-16(13-35-22)23(33)34/h2,4,6,12-13,23,33-34H,3,5,7-11,25H2,1H3,(H,28,29,30). The Balaban J connectivity index is 1.33. The summed E-state index contributed by atoms with van der Waals surface area (Å²) in [6.45, 7) is 4.65. The van der Waals surface area contributed by atoms with Crippen LogP contribution in [0, 0.1) is 0 Å². The van der Waals surface area contributed by atoms with Crippen molar-refractivity contribution in [2.24, 2.45) is 5.73 Å². The van der Waals surface area contributed by atoms with E-state index in [2.05, 4.69) is 38.0 Å². The Kier molecular flexibility index (Phi) is 5.44. The summed E-state index contributed by atoms with van der Waals surface area (Å²) >= 11 is 1.41. The van der Waals surface area contributed by atoms with Gasteiger partial charge < -0.3 is 25.7 Å². The molecule has 182 valence electrons. The van der Waals surface area contributed by atoms with E-state index in [0.29, 0.717) is 5.65 Å². The number of aromatic nitrogens is 5. The molecule has 10 nitrogen and oxygen atoms in total. The largest absolute Gasteiger partial charge is 0.363 e. The summed E-state index contributed by atoms with van der Waals surface area (Å²) in [5, 5.41) is 29.1. The van der Waals surface area contributed by atoms with Crippen molar-refractivity contribution >= 4 is 39.8 Å². The number of hydrogen-bond acceptors (Lipinski definition) is 10. The third-order valence-electron chi connectivity index (χ3n) is 6.99. The van der Waals surface area contributed by atoms with Gasteiger partial charge in [-0.1, -0.05) is 12.1 Å². The molecule has 5 N–H and O–H groups in total. The molecule has 2 aliphatic rings. The Morgan fingerprint density at radius 3 is 2.77 bits per heavy atom. The van der Waals surface area contributed by atoms with E-state index in [1.807, 2.05) is 18.3 Å². The van der Waals surface area contributed by atoms with Crippen LogP contribution in [0.1, 0.15) is 43.7 Å². The fourth-order valence-electron chi connectivity index (χ4n) is 4.94. The Morgan fingerprint density at radius 2 is 2.00 bits per heavy atom. The van der Waals surface area contributed by atoms with Crippen molar-refractivity contribution in [3.63, 3.8) is 0 Å². The van der Waals surface area contributed by atoms with Gasteiger partial charge in [-0.05, 0) is 44.2 Å². The summed E-state index contributed by atoms with van der Waals surface area (Å²) in [6, 6.07) is 6.13. The number of anilines is 3. The third kappa shape index (κ3) is 4.04. The van der Waals surface area contributed by atoms with Gasteiger partial charge in [0, 0.05) is 41.8 Å². The van der Waals surface area contributed by atoms with Crippen LogP contribution >= 0.6 is 11.3 Å². The van der Waals surface area contributed by atoms with Crippen LogP contribution in [0.5, 0.6) is 0 Å². The van der Waals surface area contributed by atoms with Crippen LogP contribution < -0.4 is 15.5 Å². The number of piperidine rings is 1. The average molecular weight is 493 g/mol. The molecule has 0 spiro atoms. The van der Waals surface area contributed by atoms with Crippen LogP contribution in [0.15, 0.2) is 29.8 Å². The first-order valence-corrected chi connectivity index (χ1v) is 12.7. The van der Waals surface area contributed by atoms with E-state index in [-0.39, 0.29) is 11.2 Å². The van der Waals surface area contributed by atoms with Gasteiger partial charge in [0.2, 0.25) is 0 Å². The number of rotatable bonds is 4. The van der Waals surface area contributed by atoms with Crippen LogP contribution in [0.3, 0.4) is 0 Å². The number of nitrogens with two attached hydrogens (primary N) is 1. The molecule has 0 radical (unpaired) electrons. The van der Waals surface area contributed by atoms with Crippen LogP contribution in [-0.4, -0.2) is 60.5 Å². The monoisotopic (exact) mass is 492 g/mol. The lowest BCUT2D eigenvalue weighted by atomic mass is 9.91. The predicted molar refractivity (Wildman–Crippen MR) is 136 cm³/mol. The summed E-state index contributed by atoms with van der Waals surface area (Å²) in [7, 11) is 0. The minimum Gasteiger partial charge on any atom is -0.363 e. The third-order valence-corrected chi connectivity index (χ3v) is 7.89. The summed E-state index contributed by atoms with van der Waals surface area (Å²) in [5.74, 6) is 1.60. The lowest BCUT2D eigenvalue weighted by Crippen LogP contribution is -2.48. The second-order valence-electron chi connectivity index (χ2n) is 9.62. The van der Waals surface area contributed by atoms with Gasteiger partial charge in [-0.15, -0.1) is 11.3 Å². The molecule has 0 aliphatic carbocycles. The highest BCUT2D eigenvalue weighted by Gasteiger charge is 2.29. The Hall–Kier alpha value is -3.12. The molecular weight excluding hydrogens is 464 g/mol. The highest BCUT2D eigenvalue weighted by molar-refractivity contribution is 7.13. The summed E-state index contributed by atoms with van der Waals surface area (Å²) in [6.07, 6.45) is 3.97. The van der Waals surface area contributed by atoms with Gasteiger partial charge in [-0.2, -0.15) is 5.10 Å². The van der Waals surface area contributed by atoms with Crippen molar-refractivity contribution < 1.29 is 10.2 Å². The van der Waals surface area contributed by atoms with Gasteiger partial charge >= 0.3 is 0 Å². The first-order chi connectivity index (χ1) is 16.9. The van der Waals surface area contributed by atoms with Crippen LogP contribution in [0.2, 0.25) is 0 Å². The summed E-state index contributed by atoms with van der Waals surface area (Å²) in [4.78, 5) is 18.4. The fourth-order valence-corrected chi connectivity index (χ4v) is 5.82. The van der Waals surface area contributed by atoms with Crippen LogP contribution in [-0.2, 0) is 6.42 Å². The zero-order chi connectivity index (χ0) is 24.2. The van der Waals surface area contributed by atoms with Gasteiger partial charge in [-0.25, -0.2) is 15.0 Å². The molecule has 1 aromatic carbocycles. The quantitative estimate of drug-likeness (QED) is 0.317. The lowest BCUT2D eigenvalue weighted by Gasteiger charge is -2.37. The molecule has 0 atom stereocenters. The molecule has 5 heterocycles. The molecule has 35 heavy (non-hydrogen) atoms. The molecule has 0 bridgehead atoms. The van der Waals surface area contributed by atoms with Crippen molar-refractivity contribution in [3.8, 4) is 10.6 Å². The van der Waals surface area contributed by atoms with E-state index in [0.717, 1.165) is 78.7 Å². The maximum atomic E-state index is 9.47. The smallest absolute Gasteiger partial charge is 0.196 e. The number of thiazole rings is 1. The van der Waals surface area contributed by atoms with E-state index in [4.69, 9.17) is 15.7 Å². The SMILES string of the molecule is CC1(N)CCN(c2cnc3c(N4CCCc5c(-c6nc(C(O)O)cs6)cccc54)n[nH]c3n2)CC1. The molecule has 0 unspecified atom stereocenters. The summed E-state index contributed by atoms with van der Waals surface area (Å²) in [5.41, 5.74) is 11.1. The second-order valence-corrected chi connectivity index (χ2v) is 10.5. The molecule has 1 fully saturated rings. The first kappa shape index (κ1) is 22.4. The van der Waals surface area contributed by atoms with Gasteiger partial charge in [-0.3, -0.25) is 5.10 Å². The van der Waals surface area contributed by atoms with Gasteiger partial charge in [0.1, 0.15) is 16.5 Å². The number of fused-ring (bicyclic) bond motifs is 2. The maximum absolute atomic E-state index is 9.47. The highest BCUT2D eigenvalue weighted by atomic mass is 32.1. The molecule has 0 amide bonds. The van der Waals surface area contributed by atoms with Crippen LogP contribution in [0.4, 0.5) is 17.3 Å². The zero-order valence-electron chi connectivity index (χ0n) is 19.5. The molecule has 4 aromatic rings. The minimum absolute atomic E-state index is 0.117. The fraction of sp³-hybridized carbons (Fsp3) is 0.417. The Labute approximate surface area is 206 Å². The molecule has 1 saturated heterocycles.